The number of nitrogens with zero attached hydrogens (tertiary/aromatic N) is 3. The van der Waals surface area contributed by atoms with E-state index in [4.69, 9.17) is 16.3 Å². The Hall–Kier alpha value is -0.620. The van der Waals surface area contributed by atoms with Crippen LogP contribution in [0.1, 0.15) is 31.6 Å². The van der Waals surface area contributed by atoms with Crippen molar-refractivity contribution in [3.05, 3.63) is 16.9 Å². The van der Waals surface area contributed by atoms with Crippen LogP contribution >= 0.6 is 11.6 Å². The van der Waals surface area contributed by atoms with Crippen molar-refractivity contribution in [2.45, 2.75) is 38.5 Å². The van der Waals surface area contributed by atoms with Crippen LogP contribution in [0.3, 0.4) is 0 Å². The highest BCUT2D eigenvalue weighted by Crippen LogP contribution is 2.37. The summed E-state index contributed by atoms with van der Waals surface area (Å²) in [6.07, 6.45) is 2.89. The zero-order chi connectivity index (χ0) is 14.7. The number of likely N-dealkylation sites (N-methyl/N-ethyl adjacent to an activating group) is 1. The summed E-state index contributed by atoms with van der Waals surface area (Å²) >= 11 is 6.23. The van der Waals surface area contributed by atoms with Crippen LogP contribution in [0.5, 0.6) is 0 Å². The minimum atomic E-state index is -0.611. The van der Waals surface area contributed by atoms with Crippen molar-refractivity contribution in [1.82, 2.24) is 14.7 Å². The van der Waals surface area contributed by atoms with E-state index in [1.54, 1.807) is 6.20 Å². The fourth-order valence-electron chi connectivity index (χ4n) is 2.79. The van der Waals surface area contributed by atoms with Crippen molar-refractivity contribution in [3.63, 3.8) is 0 Å². The van der Waals surface area contributed by atoms with Crippen LogP contribution in [0.4, 0.5) is 0 Å². The molecule has 0 saturated carbocycles. The maximum atomic E-state index is 10.7. The predicted octanol–water partition coefficient (Wildman–Crippen LogP) is 1.95. The first-order valence-corrected chi connectivity index (χ1v) is 7.58. The number of hydrogen-bond donors (Lipinski definition) is 1. The first kappa shape index (κ1) is 15.8. The average molecular weight is 302 g/mol. The van der Waals surface area contributed by atoms with Crippen molar-refractivity contribution < 1.29 is 9.84 Å². The van der Waals surface area contributed by atoms with Gasteiger partial charge in [0.1, 0.15) is 6.10 Å². The molecule has 3 unspecified atom stereocenters. The zero-order valence-corrected chi connectivity index (χ0v) is 13.2. The van der Waals surface area contributed by atoms with Gasteiger partial charge in [0.25, 0.3) is 0 Å². The smallest absolute Gasteiger partial charge is 0.102 e. The van der Waals surface area contributed by atoms with Gasteiger partial charge in [-0.15, -0.1) is 0 Å². The SMILES string of the molecule is CCC1OCCC1C(O)c1c(Cl)cnn1CCN(C)C. The van der Waals surface area contributed by atoms with E-state index in [0.717, 1.165) is 31.6 Å². The second kappa shape index (κ2) is 6.89. The van der Waals surface area contributed by atoms with Gasteiger partial charge in [-0.05, 0) is 26.9 Å². The molecule has 20 heavy (non-hydrogen) atoms. The molecule has 0 spiro atoms. The van der Waals surface area contributed by atoms with E-state index in [-0.39, 0.29) is 12.0 Å². The molecular formula is C14H24ClN3O2. The molecule has 5 nitrogen and oxygen atoms in total. The number of aliphatic hydroxyl groups is 1. The normalized spacial score (nSPS) is 24.5. The van der Waals surface area contributed by atoms with Crippen molar-refractivity contribution in [3.8, 4) is 0 Å². The van der Waals surface area contributed by atoms with E-state index < -0.39 is 6.10 Å². The molecule has 2 heterocycles. The van der Waals surface area contributed by atoms with E-state index in [2.05, 4.69) is 16.9 Å². The summed E-state index contributed by atoms with van der Waals surface area (Å²) in [5, 5.41) is 15.5. The van der Waals surface area contributed by atoms with Crippen LogP contribution in [0.2, 0.25) is 5.02 Å². The Kier molecular flexibility index (Phi) is 5.43. The lowest BCUT2D eigenvalue weighted by Gasteiger charge is -2.24. The fourth-order valence-corrected chi connectivity index (χ4v) is 3.04. The van der Waals surface area contributed by atoms with Crippen molar-refractivity contribution in [2.75, 3.05) is 27.2 Å². The summed E-state index contributed by atoms with van der Waals surface area (Å²) in [4.78, 5) is 2.08. The van der Waals surface area contributed by atoms with Gasteiger partial charge in [0.2, 0.25) is 0 Å². The van der Waals surface area contributed by atoms with Gasteiger partial charge in [0, 0.05) is 19.1 Å². The molecule has 0 amide bonds. The van der Waals surface area contributed by atoms with E-state index in [0.29, 0.717) is 11.6 Å². The van der Waals surface area contributed by atoms with Gasteiger partial charge < -0.3 is 14.7 Å². The summed E-state index contributed by atoms with van der Waals surface area (Å²) in [6.45, 7) is 4.37. The molecule has 1 N–H and O–H groups in total. The Balaban J connectivity index is 2.16. The molecule has 6 heteroatoms. The lowest BCUT2D eigenvalue weighted by Crippen LogP contribution is -2.26. The molecule has 1 aliphatic rings. The lowest BCUT2D eigenvalue weighted by atomic mass is 9.91. The van der Waals surface area contributed by atoms with Crippen molar-refractivity contribution in [1.29, 1.82) is 0 Å². The Morgan fingerprint density at radius 3 is 3.00 bits per heavy atom. The largest absolute Gasteiger partial charge is 0.386 e. The molecule has 114 valence electrons. The molecule has 0 aliphatic carbocycles. The quantitative estimate of drug-likeness (QED) is 0.872. The third-order valence-corrected chi connectivity index (χ3v) is 4.23. The molecule has 0 bridgehead atoms. The van der Waals surface area contributed by atoms with Crippen LogP contribution in [0.15, 0.2) is 6.20 Å². The first-order chi connectivity index (χ1) is 9.54. The summed E-state index contributed by atoms with van der Waals surface area (Å²) < 4.78 is 7.49. The van der Waals surface area contributed by atoms with Crippen molar-refractivity contribution in [2.24, 2.45) is 5.92 Å². The van der Waals surface area contributed by atoms with E-state index >= 15 is 0 Å². The second-order valence-electron chi connectivity index (χ2n) is 5.62. The monoisotopic (exact) mass is 301 g/mol. The molecule has 0 radical (unpaired) electrons. The van der Waals surface area contributed by atoms with Gasteiger partial charge in [0.05, 0.1) is 29.6 Å². The summed E-state index contributed by atoms with van der Waals surface area (Å²) in [7, 11) is 4.03. The zero-order valence-electron chi connectivity index (χ0n) is 12.4. The fraction of sp³-hybridized carbons (Fsp3) is 0.786. The van der Waals surface area contributed by atoms with Crippen LogP contribution in [-0.4, -0.2) is 53.1 Å². The molecule has 3 atom stereocenters. The van der Waals surface area contributed by atoms with Crippen LogP contribution in [0.25, 0.3) is 0 Å². The minimum absolute atomic E-state index is 0.104. The topological polar surface area (TPSA) is 50.5 Å². The van der Waals surface area contributed by atoms with Crippen LogP contribution < -0.4 is 0 Å². The Labute approximate surface area is 125 Å². The van der Waals surface area contributed by atoms with Gasteiger partial charge >= 0.3 is 0 Å². The average Bonchev–Trinajstić information content (AvgIpc) is 3.01. The maximum Gasteiger partial charge on any atom is 0.102 e. The summed E-state index contributed by atoms with van der Waals surface area (Å²) in [5.41, 5.74) is 0.725. The number of hydrogen-bond acceptors (Lipinski definition) is 4. The standard InChI is InChI=1S/C14H24ClN3O2/c1-4-12-10(5-8-20-12)14(19)13-11(15)9-16-18(13)7-6-17(2)3/h9-10,12,14,19H,4-8H2,1-3H3. The highest BCUT2D eigenvalue weighted by molar-refractivity contribution is 6.31. The Bertz CT molecular complexity index is 436. The molecule has 2 rings (SSSR count). The Morgan fingerprint density at radius 2 is 2.35 bits per heavy atom. The highest BCUT2D eigenvalue weighted by atomic mass is 35.5. The molecule has 1 aromatic rings. The first-order valence-electron chi connectivity index (χ1n) is 7.20. The van der Waals surface area contributed by atoms with Crippen LogP contribution in [-0.2, 0) is 11.3 Å². The third-order valence-electron chi connectivity index (χ3n) is 3.94. The molecule has 1 aromatic heterocycles. The van der Waals surface area contributed by atoms with Gasteiger partial charge in [-0.2, -0.15) is 5.10 Å². The number of aliphatic hydroxyl groups excluding tert-OH is 1. The summed E-state index contributed by atoms with van der Waals surface area (Å²) in [6, 6.07) is 0. The minimum Gasteiger partial charge on any atom is -0.386 e. The molecule has 1 aliphatic heterocycles. The van der Waals surface area contributed by atoms with E-state index in [1.165, 1.54) is 0 Å². The van der Waals surface area contributed by atoms with Gasteiger partial charge in [-0.1, -0.05) is 18.5 Å². The third kappa shape index (κ3) is 3.34. The van der Waals surface area contributed by atoms with Gasteiger partial charge in [-0.25, -0.2) is 0 Å². The number of rotatable bonds is 6. The molecule has 1 fully saturated rings. The second-order valence-corrected chi connectivity index (χ2v) is 6.03. The Morgan fingerprint density at radius 1 is 1.60 bits per heavy atom. The van der Waals surface area contributed by atoms with Gasteiger partial charge in [0.15, 0.2) is 0 Å². The molecular weight excluding hydrogens is 278 g/mol. The summed E-state index contributed by atoms with van der Waals surface area (Å²) in [5.74, 6) is 0.104. The molecule has 0 aromatic carbocycles. The molecule has 1 saturated heterocycles. The maximum absolute atomic E-state index is 10.7. The van der Waals surface area contributed by atoms with Crippen LogP contribution in [0, 0.1) is 5.92 Å². The lowest BCUT2D eigenvalue weighted by molar-refractivity contribution is 0.0267. The number of halogens is 1. The highest BCUT2D eigenvalue weighted by Gasteiger charge is 2.36. The van der Waals surface area contributed by atoms with E-state index in [1.807, 2.05) is 18.8 Å². The van der Waals surface area contributed by atoms with Gasteiger partial charge in [-0.3, -0.25) is 4.68 Å². The van der Waals surface area contributed by atoms with E-state index in [9.17, 15) is 5.11 Å². The number of ether oxygens (including phenoxy) is 1. The number of aromatic nitrogens is 2. The predicted molar refractivity (Wildman–Crippen MR) is 78.9 cm³/mol. The van der Waals surface area contributed by atoms with Crippen molar-refractivity contribution >= 4 is 11.6 Å².